The molecule has 0 heterocycles. The minimum atomic E-state index is -3.91. The summed E-state index contributed by atoms with van der Waals surface area (Å²) in [6.07, 6.45) is -0.122. The maximum atomic E-state index is 10.9. The van der Waals surface area contributed by atoms with Gasteiger partial charge in [0.05, 0.1) is 0 Å². The second-order valence-electron chi connectivity index (χ2n) is 4.63. The van der Waals surface area contributed by atoms with E-state index in [1.807, 2.05) is 32.6 Å². The first kappa shape index (κ1) is 14.1. The molecule has 0 saturated carbocycles. The lowest BCUT2D eigenvalue weighted by Crippen LogP contribution is -2.32. The Balaban J connectivity index is 4.18. The molecule has 0 saturated heterocycles. The van der Waals surface area contributed by atoms with Gasteiger partial charge in [-0.05, 0) is 11.8 Å². The van der Waals surface area contributed by atoms with Crippen LogP contribution in [0.1, 0.15) is 27.7 Å². The molecule has 0 bridgehead atoms. The standard InChI is InChI=1S/C9H22NO3P/c1-8(2)5-10(6-9(3)4)7-14(11,12)13/h8-9H,5-7H2,1-4H3,(H2,11,12,13). The molecule has 0 aromatic rings. The average molecular weight is 223 g/mol. The van der Waals surface area contributed by atoms with Gasteiger partial charge in [0.25, 0.3) is 0 Å². The van der Waals surface area contributed by atoms with Gasteiger partial charge in [-0.25, -0.2) is 0 Å². The summed E-state index contributed by atoms with van der Waals surface area (Å²) >= 11 is 0. The molecule has 86 valence electrons. The summed E-state index contributed by atoms with van der Waals surface area (Å²) in [6, 6.07) is 0. The Hall–Kier alpha value is 0.110. The second-order valence-corrected chi connectivity index (χ2v) is 6.24. The van der Waals surface area contributed by atoms with Crippen molar-refractivity contribution in [3.63, 3.8) is 0 Å². The van der Waals surface area contributed by atoms with Gasteiger partial charge in [0, 0.05) is 13.1 Å². The molecule has 4 nitrogen and oxygen atoms in total. The van der Waals surface area contributed by atoms with E-state index < -0.39 is 7.60 Å². The van der Waals surface area contributed by atoms with Crippen LogP contribution in [0.25, 0.3) is 0 Å². The molecular formula is C9H22NO3P. The van der Waals surface area contributed by atoms with E-state index in [0.717, 1.165) is 13.1 Å². The first-order chi connectivity index (χ1) is 6.20. The zero-order valence-electron chi connectivity index (χ0n) is 9.47. The van der Waals surface area contributed by atoms with Crippen LogP contribution in [-0.2, 0) is 4.57 Å². The largest absolute Gasteiger partial charge is 0.339 e. The first-order valence-corrected chi connectivity index (χ1v) is 6.77. The summed E-state index contributed by atoms with van der Waals surface area (Å²) in [5, 5.41) is 0. The maximum absolute atomic E-state index is 10.9. The Labute approximate surface area is 86.5 Å². The van der Waals surface area contributed by atoms with E-state index in [9.17, 15) is 4.57 Å². The van der Waals surface area contributed by atoms with Gasteiger partial charge in [-0.1, -0.05) is 27.7 Å². The number of rotatable bonds is 6. The highest BCUT2D eigenvalue weighted by Gasteiger charge is 2.20. The fourth-order valence-electron chi connectivity index (χ4n) is 1.48. The monoisotopic (exact) mass is 223 g/mol. The van der Waals surface area contributed by atoms with Crippen LogP contribution < -0.4 is 0 Å². The lowest BCUT2D eigenvalue weighted by molar-refractivity contribution is 0.230. The van der Waals surface area contributed by atoms with Crippen molar-refractivity contribution in [2.75, 3.05) is 19.4 Å². The summed E-state index contributed by atoms with van der Waals surface area (Å²) in [4.78, 5) is 19.6. The number of hydrogen-bond acceptors (Lipinski definition) is 2. The molecule has 0 aromatic heterocycles. The Bertz CT molecular complexity index is 190. The van der Waals surface area contributed by atoms with Gasteiger partial charge in [0.2, 0.25) is 0 Å². The third-order valence-corrected chi connectivity index (χ3v) is 2.40. The predicted molar refractivity (Wildman–Crippen MR) is 58.2 cm³/mol. The second kappa shape index (κ2) is 5.86. The average Bonchev–Trinajstić information content (AvgIpc) is 1.77. The zero-order chi connectivity index (χ0) is 11.4. The lowest BCUT2D eigenvalue weighted by Gasteiger charge is -2.26. The van der Waals surface area contributed by atoms with Crippen LogP contribution in [0.15, 0.2) is 0 Å². The normalized spacial score (nSPS) is 13.2. The maximum Gasteiger partial charge on any atom is 0.339 e. The molecule has 0 spiro atoms. The Morgan fingerprint density at radius 3 is 1.64 bits per heavy atom. The SMILES string of the molecule is CC(C)CN(CC(C)C)CP(=O)(O)O. The predicted octanol–water partition coefficient (Wildman–Crippen LogP) is 1.74. The number of hydrogen-bond donors (Lipinski definition) is 2. The number of nitrogens with zero attached hydrogens (tertiary/aromatic N) is 1. The van der Waals surface area contributed by atoms with Gasteiger partial charge in [0.1, 0.15) is 6.29 Å². The van der Waals surface area contributed by atoms with Crippen molar-refractivity contribution < 1.29 is 14.4 Å². The van der Waals surface area contributed by atoms with Crippen LogP contribution in [0.4, 0.5) is 0 Å². The van der Waals surface area contributed by atoms with Crippen LogP contribution in [0, 0.1) is 11.8 Å². The van der Waals surface area contributed by atoms with E-state index in [4.69, 9.17) is 9.79 Å². The molecule has 0 fully saturated rings. The fraction of sp³-hybridized carbons (Fsp3) is 1.00. The molecule has 0 atom stereocenters. The fourth-order valence-corrected chi connectivity index (χ4v) is 2.24. The van der Waals surface area contributed by atoms with Crippen LogP contribution in [0.2, 0.25) is 0 Å². The molecule has 0 rings (SSSR count). The molecule has 0 aliphatic rings. The molecule has 2 N–H and O–H groups in total. The van der Waals surface area contributed by atoms with E-state index in [1.165, 1.54) is 0 Å². The molecule has 0 aromatic carbocycles. The van der Waals surface area contributed by atoms with Crippen LogP contribution in [0.3, 0.4) is 0 Å². The molecule has 0 radical (unpaired) electrons. The topological polar surface area (TPSA) is 60.8 Å². The van der Waals surface area contributed by atoms with Crippen molar-refractivity contribution in [2.45, 2.75) is 27.7 Å². The van der Waals surface area contributed by atoms with Crippen molar-refractivity contribution in [3.8, 4) is 0 Å². The van der Waals surface area contributed by atoms with E-state index in [2.05, 4.69) is 0 Å². The summed E-state index contributed by atoms with van der Waals surface area (Å²) in [5.41, 5.74) is 0. The highest BCUT2D eigenvalue weighted by molar-refractivity contribution is 7.51. The van der Waals surface area contributed by atoms with Gasteiger partial charge in [-0.2, -0.15) is 0 Å². The molecule has 0 amide bonds. The molecule has 14 heavy (non-hydrogen) atoms. The van der Waals surface area contributed by atoms with Crippen LogP contribution >= 0.6 is 7.60 Å². The van der Waals surface area contributed by atoms with Crippen molar-refractivity contribution in [1.82, 2.24) is 4.90 Å². The summed E-state index contributed by atoms with van der Waals surface area (Å²) < 4.78 is 10.9. The zero-order valence-corrected chi connectivity index (χ0v) is 10.4. The van der Waals surface area contributed by atoms with Gasteiger partial charge < -0.3 is 9.79 Å². The van der Waals surface area contributed by atoms with E-state index in [1.54, 1.807) is 0 Å². The summed E-state index contributed by atoms with van der Waals surface area (Å²) in [5.74, 6) is 0.862. The molecular weight excluding hydrogens is 201 g/mol. The Kier molecular flexibility index (Phi) is 5.91. The first-order valence-electron chi connectivity index (χ1n) is 4.97. The summed E-state index contributed by atoms with van der Waals surface area (Å²) in [7, 11) is -3.91. The third kappa shape index (κ3) is 8.70. The molecule has 5 heteroatoms. The minimum Gasteiger partial charge on any atom is -0.324 e. The summed E-state index contributed by atoms with van der Waals surface area (Å²) in [6.45, 7) is 9.67. The molecule has 0 aliphatic heterocycles. The van der Waals surface area contributed by atoms with E-state index in [-0.39, 0.29) is 6.29 Å². The van der Waals surface area contributed by atoms with Gasteiger partial charge in [-0.3, -0.25) is 9.46 Å². The highest BCUT2D eigenvalue weighted by Crippen LogP contribution is 2.35. The van der Waals surface area contributed by atoms with Gasteiger partial charge >= 0.3 is 7.60 Å². The van der Waals surface area contributed by atoms with Crippen molar-refractivity contribution in [1.29, 1.82) is 0 Å². The van der Waals surface area contributed by atoms with Crippen LogP contribution in [-0.4, -0.2) is 34.1 Å². The Morgan fingerprint density at radius 1 is 1.07 bits per heavy atom. The smallest absolute Gasteiger partial charge is 0.324 e. The van der Waals surface area contributed by atoms with Crippen molar-refractivity contribution in [2.24, 2.45) is 11.8 Å². The molecule has 0 aliphatic carbocycles. The van der Waals surface area contributed by atoms with E-state index >= 15 is 0 Å². The Morgan fingerprint density at radius 2 is 1.43 bits per heavy atom. The van der Waals surface area contributed by atoms with Crippen molar-refractivity contribution >= 4 is 7.60 Å². The molecule has 0 unspecified atom stereocenters. The lowest BCUT2D eigenvalue weighted by atomic mass is 10.1. The highest BCUT2D eigenvalue weighted by atomic mass is 31.2. The van der Waals surface area contributed by atoms with Crippen LogP contribution in [0.5, 0.6) is 0 Å². The van der Waals surface area contributed by atoms with Gasteiger partial charge in [0.15, 0.2) is 0 Å². The third-order valence-electron chi connectivity index (χ3n) is 1.63. The van der Waals surface area contributed by atoms with Crippen molar-refractivity contribution in [3.05, 3.63) is 0 Å². The minimum absolute atomic E-state index is 0.122. The quantitative estimate of drug-likeness (QED) is 0.673. The van der Waals surface area contributed by atoms with E-state index in [0.29, 0.717) is 11.8 Å². The van der Waals surface area contributed by atoms with Gasteiger partial charge in [-0.15, -0.1) is 0 Å².